The largest absolute Gasteiger partial charge is 0.371 e. The number of halogens is 1. The summed E-state index contributed by atoms with van der Waals surface area (Å²) in [5, 5.41) is 3.40. The molecule has 90 valence electrons. The van der Waals surface area contributed by atoms with E-state index in [1.54, 1.807) is 18.6 Å². The molecule has 1 aliphatic rings. The van der Waals surface area contributed by atoms with Crippen molar-refractivity contribution in [1.29, 1.82) is 0 Å². The summed E-state index contributed by atoms with van der Waals surface area (Å²) < 4.78 is 5.75. The second kappa shape index (κ2) is 6.78. The van der Waals surface area contributed by atoms with Crippen LogP contribution in [0.2, 0.25) is 0 Å². The van der Waals surface area contributed by atoms with E-state index in [1.165, 1.54) is 12.8 Å². The Hall–Kier alpha value is -0.710. The molecule has 2 unspecified atom stereocenters. The van der Waals surface area contributed by atoms with Crippen molar-refractivity contribution >= 4 is 12.4 Å². The Bertz CT molecular complexity index is 291. The van der Waals surface area contributed by atoms with Gasteiger partial charge in [-0.1, -0.05) is 0 Å². The van der Waals surface area contributed by atoms with Gasteiger partial charge in [-0.3, -0.25) is 9.97 Å². The molecule has 0 bridgehead atoms. The summed E-state index contributed by atoms with van der Waals surface area (Å²) in [4.78, 5) is 8.24. The van der Waals surface area contributed by atoms with E-state index < -0.39 is 0 Å². The zero-order valence-corrected chi connectivity index (χ0v) is 10.2. The van der Waals surface area contributed by atoms with Crippen molar-refractivity contribution in [3.8, 4) is 0 Å². The third-order valence-electron chi connectivity index (χ3n) is 2.71. The first kappa shape index (κ1) is 13.4. The molecule has 0 spiro atoms. The summed E-state index contributed by atoms with van der Waals surface area (Å²) >= 11 is 0. The average Bonchev–Trinajstić information content (AvgIpc) is 2.80. The van der Waals surface area contributed by atoms with Crippen molar-refractivity contribution in [2.75, 3.05) is 13.2 Å². The fourth-order valence-corrected chi connectivity index (χ4v) is 1.77. The smallest absolute Gasteiger partial charge is 0.0982 e. The first-order valence-electron chi connectivity index (χ1n) is 5.47. The van der Waals surface area contributed by atoms with Crippen LogP contribution in [0.5, 0.6) is 0 Å². The maximum absolute atomic E-state index is 5.75. The zero-order chi connectivity index (χ0) is 10.5. The van der Waals surface area contributed by atoms with Gasteiger partial charge in [0.05, 0.1) is 24.6 Å². The lowest BCUT2D eigenvalue weighted by Crippen LogP contribution is -2.27. The molecule has 16 heavy (non-hydrogen) atoms. The molecule has 0 radical (unpaired) electrons. The van der Waals surface area contributed by atoms with Crippen molar-refractivity contribution in [2.24, 2.45) is 0 Å². The summed E-state index contributed by atoms with van der Waals surface area (Å²) in [6, 6.07) is 0.518. The molecular formula is C11H18ClN3O. The molecule has 1 aromatic rings. The topological polar surface area (TPSA) is 47.0 Å². The Balaban J connectivity index is 0.00000128. The lowest BCUT2D eigenvalue weighted by molar-refractivity contribution is 0.0496. The maximum atomic E-state index is 5.75. The predicted molar refractivity (Wildman–Crippen MR) is 64.7 cm³/mol. The van der Waals surface area contributed by atoms with E-state index in [-0.39, 0.29) is 18.5 Å². The summed E-state index contributed by atoms with van der Waals surface area (Å²) in [5.41, 5.74) is 0.899. The van der Waals surface area contributed by atoms with Gasteiger partial charge in [0.1, 0.15) is 0 Å². The molecule has 1 N–H and O–H groups in total. The molecule has 2 atom stereocenters. The predicted octanol–water partition coefficient (Wildman–Crippen LogP) is 1.73. The van der Waals surface area contributed by atoms with E-state index in [0.29, 0.717) is 6.04 Å². The van der Waals surface area contributed by atoms with Gasteiger partial charge < -0.3 is 10.1 Å². The Labute approximate surface area is 102 Å². The molecule has 4 nitrogen and oxygen atoms in total. The van der Waals surface area contributed by atoms with Crippen molar-refractivity contribution in [2.45, 2.75) is 31.9 Å². The number of hydrogen-bond donors (Lipinski definition) is 1. The second-order valence-electron chi connectivity index (χ2n) is 3.90. The lowest BCUT2D eigenvalue weighted by atomic mass is 10.2. The minimum Gasteiger partial charge on any atom is -0.371 e. The highest BCUT2D eigenvalue weighted by molar-refractivity contribution is 5.85. The Morgan fingerprint density at radius 2 is 2.44 bits per heavy atom. The van der Waals surface area contributed by atoms with Crippen LogP contribution in [0.15, 0.2) is 18.6 Å². The van der Waals surface area contributed by atoms with Gasteiger partial charge in [0, 0.05) is 18.4 Å². The van der Waals surface area contributed by atoms with Gasteiger partial charge in [-0.15, -0.1) is 12.4 Å². The Morgan fingerprint density at radius 1 is 1.56 bits per heavy atom. The second-order valence-corrected chi connectivity index (χ2v) is 3.90. The van der Waals surface area contributed by atoms with Crippen LogP contribution in [0.1, 0.15) is 31.6 Å². The molecule has 2 rings (SSSR count). The van der Waals surface area contributed by atoms with E-state index in [1.807, 2.05) is 6.92 Å². The van der Waals surface area contributed by atoms with Gasteiger partial charge >= 0.3 is 0 Å². The van der Waals surface area contributed by atoms with Crippen molar-refractivity contribution in [3.05, 3.63) is 24.3 Å². The number of rotatable bonds is 4. The number of hydrogen-bond acceptors (Lipinski definition) is 4. The molecule has 1 saturated heterocycles. The molecule has 1 fully saturated rings. The van der Waals surface area contributed by atoms with Crippen LogP contribution in [-0.2, 0) is 4.74 Å². The zero-order valence-electron chi connectivity index (χ0n) is 9.43. The lowest BCUT2D eigenvalue weighted by Gasteiger charge is -2.15. The summed E-state index contributed by atoms with van der Waals surface area (Å²) in [7, 11) is 0. The van der Waals surface area contributed by atoms with E-state index in [9.17, 15) is 0 Å². The molecule has 0 aromatic carbocycles. The normalized spacial score (nSPS) is 21.4. The number of ether oxygens (including phenoxy) is 1. The van der Waals surface area contributed by atoms with Gasteiger partial charge in [0.2, 0.25) is 0 Å². The minimum absolute atomic E-state index is 0. The van der Waals surface area contributed by atoms with Crippen LogP contribution in [-0.4, -0.2) is 29.2 Å². The third-order valence-corrected chi connectivity index (χ3v) is 2.71. The molecule has 2 heterocycles. The van der Waals surface area contributed by atoms with Gasteiger partial charge in [-0.2, -0.15) is 0 Å². The first-order chi connectivity index (χ1) is 7.36. The van der Waals surface area contributed by atoms with Crippen LogP contribution >= 0.6 is 12.4 Å². The van der Waals surface area contributed by atoms with Crippen molar-refractivity contribution < 1.29 is 4.74 Å². The van der Waals surface area contributed by atoms with Crippen LogP contribution in [0, 0.1) is 0 Å². The fraction of sp³-hybridized carbons (Fsp3) is 0.636. The van der Waals surface area contributed by atoms with E-state index in [4.69, 9.17) is 4.74 Å². The van der Waals surface area contributed by atoms with Crippen LogP contribution in [0.25, 0.3) is 0 Å². The monoisotopic (exact) mass is 243 g/mol. The third kappa shape index (κ3) is 3.70. The van der Waals surface area contributed by atoms with E-state index >= 15 is 0 Å². The molecule has 0 saturated carbocycles. The molecular weight excluding hydrogens is 226 g/mol. The highest BCUT2D eigenvalue weighted by Gasteiger charge is 2.16. The Morgan fingerprint density at radius 3 is 3.06 bits per heavy atom. The minimum atomic E-state index is 0. The quantitative estimate of drug-likeness (QED) is 0.875. The summed E-state index contributed by atoms with van der Waals surface area (Å²) in [6.45, 7) is 3.89. The summed E-state index contributed by atoms with van der Waals surface area (Å²) in [5.74, 6) is 0. The van der Waals surface area contributed by atoms with E-state index in [0.717, 1.165) is 18.8 Å². The van der Waals surface area contributed by atoms with Gasteiger partial charge in [-0.05, 0) is 26.3 Å². The molecule has 0 amide bonds. The standard InChI is InChI=1S/C11H17N3O.ClH/c1-9(11-7-12-5-6-14-11)15-8-10-3-2-4-13-10;/h5-7,9-10,13H,2-4,8H2,1H3;1H. The highest BCUT2D eigenvalue weighted by atomic mass is 35.5. The molecule has 1 aromatic heterocycles. The van der Waals surface area contributed by atoms with Crippen molar-refractivity contribution in [1.82, 2.24) is 15.3 Å². The average molecular weight is 244 g/mol. The van der Waals surface area contributed by atoms with Crippen LogP contribution < -0.4 is 5.32 Å². The van der Waals surface area contributed by atoms with Crippen LogP contribution in [0.3, 0.4) is 0 Å². The Kier molecular flexibility index (Phi) is 5.66. The molecule has 1 aliphatic heterocycles. The van der Waals surface area contributed by atoms with Gasteiger partial charge in [0.15, 0.2) is 0 Å². The van der Waals surface area contributed by atoms with Gasteiger partial charge in [0.25, 0.3) is 0 Å². The number of nitrogens with one attached hydrogen (secondary N) is 1. The van der Waals surface area contributed by atoms with E-state index in [2.05, 4.69) is 15.3 Å². The van der Waals surface area contributed by atoms with Crippen LogP contribution in [0.4, 0.5) is 0 Å². The van der Waals surface area contributed by atoms with Crippen molar-refractivity contribution in [3.63, 3.8) is 0 Å². The first-order valence-corrected chi connectivity index (χ1v) is 5.47. The maximum Gasteiger partial charge on any atom is 0.0982 e. The molecule has 0 aliphatic carbocycles. The number of aromatic nitrogens is 2. The fourth-order valence-electron chi connectivity index (χ4n) is 1.77. The highest BCUT2D eigenvalue weighted by Crippen LogP contribution is 2.14. The molecule has 5 heteroatoms. The number of nitrogens with zero attached hydrogens (tertiary/aromatic N) is 2. The summed E-state index contributed by atoms with van der Waals surface area (Å²) in [6.07, 6.45) is 7.63. The van der Waals surface area contributed by atoms with Gasteiger partial charge in [-0.25, -0.2) is 0 Å². The SMILES string of the molecule is CC(OCC1CCCN1)c1cnccn1.Cl.